The summed E-state index contributed by atoms with van der Waals surface area (Å²) in [5.41, 5.74) is 4.83. The van der Waals surface area contributed by atoms with Gasteiger partial charge in [0.1, 0.15) is 6.04 Å². The van der Waals surface area contributed by atoms with E-state index in [4.69, 9.17) is 0 Å². The Morgan fingerprint density at radius 1 is 1.36 bits per heavy atom. The molecule has 6 nitrogen and oxygen atoms in total. The van der Waals surface area contributed by atoms with E-state index in [0.29, 0.717) is 25.1 Å². The lowest BCUT2D eigenvalue weighted by Gasteiger charge is -2.25. The zero-order chi connectivity index (χ0) is 18.0. The number of benzene rings is 1. The molecule has 2 amide bonds. The van der Waals surface area contributed by atoms with Crippen LogP contribution in [0.2, 0.25) is 0 Å². The molecule has 2 heterocycles. The summed E-state index contributed by atoms with van der Waals surface area (Å²) in [4.78, 5) is 26.9. The fraction of sp³-hybridized carbons (Fsp3) is 0.421. The van der Waals surface area contributed by atoms with Gasteiger partial charge in [-0.15, -0.1) is 0 Å². The minimum atomic E-state index is -0.438. The molecule has 0 spiro atoms. The highest BCUT2D eigenvalue weighted by atomic mass is 16.2. The number of nitrogens with zero attached hydrogens (tertiary/aromatic N) is 2. The zero-order valence-corrected chi connectivity index (χ0v) is 14.9. The Kier molecular flexibility index (Phi) is 4.88. The summed E-state index contributed by atoms with van der Waals surface area (Å²) in [7, 11) is 0. The lowest BCUT2D eigenvalue weighted by Crippen LogP contribution is -2.47. The Morgan fingerprint density at radius 3 is 2.76 bits per heavy atom. The van der Waals surface area contributed by atoms with Crippen LogP contribution in [0.15, 0.2) is 24.3 Å². The van der Waals surface area contributed by atoms with Crippen molar-refractivity contribution in [3.05, 3.63) is 52.3 Å². The fourth-order valence-corrected chi connectivity index (χ4v) is 3.45. The number of H-pyrrole nitrogens is 1. The van der Waals surface area contributed by atoms with Gasteiger partial charge in [-0.2, -0.15) is 5.10 Å². The lowest BCUT2D eigenvalue weighted by atomic mass is 10.1. The average molecular weight is 340 g/mol. The number of aryl methyl sites for hydroxylation is 2. The number of fused-ring (bicyclic) bond motifs is 1. The summed E-state index contributed by atoms with van der Waals surface area (Å²) < 4.78 is 0. The minimum absolute atomic E-state index is 0.0564. The number of carbonyl (C=O) groups is 2. The van der Waals surface area contributed by atoms with Crippen molar-refractivity contribution in [2.45, 2.75) is 46.2 Å². The predicted molar refractivity (Wildman–Crippen MR) is 95.2 cm³/mol. The number of aromatic nitrogens is 2. The van der Waals surface area contributed by atoms with E-state index in [1.807, 2.05) is 45.0 Å². The van der Waals surface area contributed by atoms with Gasteiger partial charge < -0.3 is 10.2 Å². The molecule has 6 heteroatoms. The second kappa shape index (κ2) is 7.09. The van der Waals surface area contributed by atoms with E-state index in [2.05, 4.69) is 15.5 Å². The number of aromatic amines is 1. The number of carbonyl (C=O) groups excluding carboxylic acids is 2. The first kappa shape index (κ1) is 17.2. The minimum Gasteiger partial charge on any atom is -0.354 e. The molecule has 0 saturated carbocycles. The molecule has 0 bridgehead atoms. The number of hydrogen-bond donors (Lipinski definition) is 2. The Morgan fingerprint density at radius 2 is 2.12 bits per heavy atom. The molecular formula is C19H24N4O2. The maximum atomic E-state index is 12.6. The summed E-state index contributed by atoms with van der Waals surface area (Å²) in [5, 5.41) is 10.1. The molecule has 1 aliphatic heterocycles. The van der Waals surface area contributed by atoms with Crippen LogP contribution >= 0.6 is 0 Å². The number of amides is 2. The maximum absolute atomic E-state index is 12.6. The highest BCUT2D eigenvalue weighted by Crippen LogP contribution is 2.25. The van der Waals surface area contributed by atoms with E-state index < -0.39 is 6.04 Å². The van der Waals surface area contributed by atoms with Gasteiger partial charge in [-0.25, -0.2) is 0 Å². The Labute approximate surface area is 147 Å². The molecule has 1 aliphatic rings. The van der Waals surface area contributed by atoms with E-state index in [1.165, 1.54) is 0 Å². The van der Waals surface area contributed by atoms with E-state index in [-0.39, 0.29) is 11.8 Å². The topological polar surface area (TPSA) is 78.1 Å². The van der Waals surface area contributed by atoms with Gasteiger partial charge in [-0.05, 0) is 43.9 Å². The summed E-state index contributed by atoms with van der Waals surface area (Å²) in [5.74, 6) is -0.151. The van der Waals surface area contributed by atoms with Crippen LogP contribution in [0.1, 0.15) is 46.2 Å². The molecule has 0 radical (unpaired) electrons. The van der Waals surface area contributed by atoms with E-state index in [9.17, 15) is 9.59 Å². The first-order chi connectivity index (χ1) is 12.0. The monoisotopic (exact) mass is 340 g/mol. The van der Waals surface area contributed by atoms with Crippen molar-refractivity contribution in [2.75, 3.05) is 6.54 Å². The van der Waals surface area contributed by atoms with Crippen LogP contribution in [0, 0.1) is 13.8 Å². The van der Waals surface area contributed by atoms with Crippen molar-refractivity contribution >= 4 is 11.8 Å². The van der Waals surface area contributed by atoms with Gasteiger partial charge in [-0.3, -0.25) is 14.7 Å². The van der Waals surface area contributed by atoms with Crippen LogP contribution in [0.3, 0.4) is 0 Å². The second-order valence-corrected chi connectivity index (χ2v) is 6.47. The van der Waals surface area contributed by atoms with Gasteiger partial charge in [0.25, 0.3) is 5.91 Å². The van der Waals surface area contributed by atoms with Gasteiger partial charge in [0.15, 0.2) is 0 Å². The molecule has 1 atom stereocenters. The highest BCUT2D eigenvalue weighted by molar-refractivity contribution is 6.01. The van der Waals surface area contributed by atoms with Crippen molar-refractivity contribution in [3.63, 3.8) is 0 Å². The molecule has 0 aliphatic carbocycles. The van der Waals surface area contributed by atoms with Crippen molar-refractivity contribution < 1.29 is 9.59 Å². The lowest BCUT2D eigenvalue weighted by molar-refractivity contribution is -0.125. The van der Waals surface area contributed by atoms with E-state index in [1.54, 1.807) is 4.90 Å². The molecule has 1 aromatic carbocycles. The zero-order valence-electron chi connectivity index (χ0n) is 14.9. The first-order valence-electron chi connectivity index (χ1n) is 8.70. The van der Waals surface area contributed by atoms with Crippen LogP contribution in [0.25, 0.3) is 0 Å². The third-order valence-electron chi connectivity index (χ3n) is 4.87. The molecule has 1 unspecified atom stereocenters. The molecule has 0 saturated heterocycles. The molecule has 0 fully saturated rings. The molecular weight excluding hydrogens is 316 g/mol. The van der Waals surface area contributed by atoms with Crippen LogP contribution in [0.4, 0.5) is 0 Å². The van der Waals surface area contributed by atoms with Crippen molar-refractivity contribution in [1.82, 2.24) is 20.4 Å². The maximum Gasteiger partial charge on any atom is 0.255 e. The molecule has 1 aromatic heterocycles. The van der Waals surface area contributed by atoms with Crippen LogP contribution in [-0.4, -0.2) is 39.5 Å². The molecule has 2 aromatic rings. The van der Waals surface area contributed by atoms with Gasteiger partial charge in [0, 0.05) is 24.3 Å². The largest absolute Gasteiger partial charge is 0.354 e. The normalized spacial score (nSPS) is 14.5. The summed E-state index contributed by atoms with van der Waals surface area (Å²) in [6.45, 7) is 6.90. The Bertz CT molecular complexity index is 777. The quantitative estimate of drug-likeness (QED) is 0.845. The van der Waals surface area contributed by atoms with Gasteiger partial charge in [0.2, 0.25) is 5.91 Å². The van der Waals surface area contributed by atoms with E-state index >= 15 is 0 Å². The van der Waals surface area contributed by atoms with Crippen molar-refractivity contribution in [1.29, 1.82) is 0 Å². The average Bonchev–Trinajstić information content (AvgIpc) is 3.10. The summed E-state index contributed by atoms with van der Waals surface area (Å²) in [6.07, 6.45) is 1.32. The third-order valence-corrected chi connectivity index (χ3v) is 4.87. The highest BCUT2D eigenvalue weighted by Gasteiger charge is 2.34. The summed E-state index contributed by atoms with van der Waals surface area (Å²) >= 11 is 0. The van der Waals surface area contributed by atoms with Gasteiger partial charge in [-0.1, -0.05) is 25.1 Å². The Hall–Kier alpha value is -2.63. The fourth-order valence-electron chi connectivity index (χ4n) is 3.45. The van der Waals surface area contributed by atoms with Crippen LogP contribution in [0.5, 0.6) is 0 Å². The number of nitrogens with one attached hydrogen (secondary N) is 2. The predicted octanol–water partition coefficient (Wildman–Crippen LogP) is 2.12. The third kappa shape index (κ3) is 3.29. The molecule has 3 rings (SSSR count). The van der Waals surface area contributed by atoms with Gasteiger partial charge in [0.05, 0.1) is 5.69 Å². The summed E-state index contributed by atoms with van der Waals surface area (Å²) in [6, 6.07) is 7.12. The van der Waals surface area contributed by atoms with Crippen LogP contribution in [-0.2, 0) is 17.8 Å². The Balaban J connectivity index is 1.62. The first-order valence-corrected chi connectivity index (χ1v) is 8.70. The second-order valence-electron chi connectivity index (χ2n) is 6.47. The van der Waals surface area contributed by atoms with Crippen molar-refractivity contribution in [2.24, 2.45) is 0 Å². The molecule has 132 valence electrons. The van der Waals surface area contributed by atoms with Gasteiger partial charge >= 0.3 is 0 Å². The molecule has 2 N–H and O–H groups in total. The number of rotatable bonds is 6. The molecule has 25 heavy (non-hydrogen) atoms. The van der Waals surface area contributed by atoms with Crippen LogP contribution < -0.4 is 5.32 Å². The number of hydrogen-bond acceptors (Lipinski definition) is 3. The smallest absolute Gasteiger partial charge is 0.255 e. The van der Waals surface area contributed by atoms with Crippen molar-refractivity contribution in [3.8, 4) is 0 Å². The SMILES string of the molecule is CCC(C(=O)NCCc1c(C)n[nH]c1C)N1Cc2ccccc2C1=O. The standard InChI is InChI=1S/C19H24N4O2/c1-4-17(23-11-14-7-5-6-8-16(14)19(23)25)18(24)20-10-9-15-12(2)21-22-13(15)3/h5-8,17H,4,9-11H2,1-3H3,(H,20,24)(H,21,22). The van der Waals surface area contributed by atoms with E-state index in [0.717, 1.165) is 28.9 Å².